The number of oxime groups is 1. The Morgan fingerprint density at radius 3 is 2.47 bits per heavy atom. The first-order valence-corrected chi connectivity index (χ1v) is 4.58. The molecule has 74 valence electrons. The minimum atomic E-state index is 0.866. The quantitative estimate of drug-likeness (QED) is 0.458. The lowest BCUT2D eigenvalue weighted by Crippen LogP contribution is -1.82. The molecule has 0 unspecified atom stereocenters. The number of rotatable bonds is 2. The standard InChI is InChI=1S/C12H10N2O/c15-14-8-10-3-5-11(6-4-10)12-2-1-7-13-9-12/h1-9,15H. The van der Waals surface area contributed by atoms with Crippen LogP contribution >= 0.6 is 0 Å². The predicted molar refractivity (Wildman–Crippen MR) is 59.1 cm³/mol. The molecule has 1 aromatic heterocycles. The van der Waals surface area contributed by atoms with E-state index in [1.165, 1.54) is 6.21 Å². The fourth-order valence-electron chi connectivity index (χ4n) is 1.36. The normalized spacial score (nSPS) is 10.7. The maximum Gasteiger partial charge on any atom is 0.0733 e. The molecule has 0 saturated carbocycles. The largest absolute Gasteiger partial charge is 0.411 e. The van der Waals surface area contributed by atoms with E-state index in [4.69, 9.17) is 5.21 Å². The highest BCUT2D eigenvalue weighted by atomic mass is 16.4. The Labute approximate surface area is 87.7 Å². The van der Waals surface area contributed by atoms with Crippen molar-refractivity contribution in [2.75, 3.05) is 0 Å². The lowest BCUT2D eigenvalue weighted by atomic mass is 10.1. The first-order valence-electron chi connectivity index (χ1n) is 4.58. The molecule has 1 N–H and O–H groups in total. The highest BCUT2D eigenvalue weighted by molar-refractivity contribution is 5.80. The Hall–Kier alpha value is -2.16. The second-order valence-corrected chi connectivity index (χ2v) is 3.11. The highest BCUT2D eigenvalue weighted by Gasteiger charge is 1.96. The van der Waals surface area contributed by atoms with Gasteiger partial charge in [0, 0.05) is 12.4 Å². The molecular weight excluding hydrogens is 188 g/mol. The zero-order valence-corrected chi connectivity index (χ0v) is 8.04. The van der Waals surface area contributed by atoms with E-state index in [-0.39, 0.29) is 0 Å². The van der Waals surface area contributed by atoms with Crippen molar-refractivity contribution in [3.8, 4) is 11.1 Å². The van der Waals surface area contributed by atoms with Crippen LogP contribution in [0.5, 0.6) is 0 Å². The van der Waals surface area contributed by atoms with Crippen LogP contribution in [0, 0.1) is 0 Å². The zero-order valence-electron chi connectivity index (χ0n) is 8.04. The van der Waals surface area contributed by atoms with Crippen LogP contribution in [0.1, 0.15) is 5.56 Å². The van der Waals surface area contributed by atoms with Gasteiger partial charge in [0.2, 0.25) is 0 Å². The van der Waals surface area contributed by atoms with E-state index in [1.807, 2.05) is 42.6 Å². The van der Waals surface area contributed by atoms with Gasteiger partial charge in [-0.3, -0.25) is 4.98 Å². The molecule has 2 aromatic rings. The minimum absolute atomic E-state index is 0.866. The van der Waals surface area contributed by atoms with Crippen LogP contribution in [0.2, 0.25) is 0 Å². The van der Waals surface area contributed by atoms with E-state index in [0.717, 1.165) is 16.7 Å². The van der Waals surface area contributed by atoms with E-state index >= 15 is 0 Å². The van der Waals surface area contributed by atoms with E-state index < -0.39 is 0 Å². The van der Waals surface area contributed by atoms with Crippen LogP contribution in [0.25, 0.3) is 11.1 Å². The fourth-order valence-corrected chi connectivity index (χ4v) is 1.36. The molecule has 0 aliphatic carbocycles. The molecule has 0 radical (unpaired) electrons. The van der Waals surface area contributed by atoms with Gasteiger partial charge in [-0.2, -0.15) is 0 Å². The smallest absolute Gasteiger partial charge is 0.0733 e. The summed E-state index contributed by atoms with van der Waals surface area (Å²) in [7, 11) is 0. The molecule has 0 aliphatic rings. The number of hydrogen-bond donors (Lipinski definition) is 1. The van der Waals surface area contributed by atoms with Gasteiger partial charge in [0.05, 0.1) is 6.21 Å². The number of nitrogens with zero attached hydrogens (tertiary/aromatic N) is 2. The zero-order chi connectivity index (χ0) is 10.5. The van der Waals surface area contributed by atoms with Crippen LogP contribution in [-0.4, -0.2) is 16.4 Å². The van der Waals surface area contributed by atoms with Crippen molar-refractivity contribution in [1.29, 1.82) is 0 Å². The third-order valence-electron chi connectivity index (χ3n) is 2.11. The monoisotopic (exact) mass is 198 g/mol. The van der Waals surface area contributed by atoms with Gasteiger partial charge in [-0.25, -0.2) is 0 Å². The number of benzene rings is 1. The van der Waals surface area contributed by atoms with Gasteiger partial charge < -0.3 is 5.21 Å². The van der Waals surface area contributed by atoms with Crippen molar-refractivity contribution < 1.29 is 5.21 Å². The molecule has 1 heterocycles. The summed E-state index contributed by atoms with van der Waals surface area (Å²) in [5, 5.41) is 11.3. The maximum atomic E-state index is 8.37. The number of hydrogen-bond acceptors (Lipinski definition) is 3. The van der Waals surface area contributed by atoms with Crippen molar-refractivity contribution in [2.45, 2.75) is 0 Å². The summed E-state index contributed by atoms with van der Waals surface area (Å²) < 4.78 is 0. The van der Waals surface area contributed by atoms with Crippen LogP contribution in [-0.2, 0) is 0 Å². The average Bonchev–Trinajstić information content (AvgIpc) is 2.32. The molecular formula is C12H10N2O. The van der Waals surface area contributed by atoms with Crippen LogP contribution in [0.4, 0.5) is 0 Å². The Bertz CT molecular complexity index is 449. The van der Waals surface area contributed by atoms with Crippen molar-refractivity contribution in [3.05, 3.63) is 54.4 Å². The third kappa shape index (κ3) is 2.20. The second kappa shape index (κ2) is 4.37. The van der Waals surface area contributed by atoms with Gasteiger partial charge in [-0.05, 0) is 22.8 Å². The van der Waals surface area contributed by atoms with Crippen LogP contribution in [0.3, 0.4) is 0 Å². The van der Waals surface area contributed by atoms with Gasteiger partial charge in [0.15, 0.2) is 0 Å². The predicted octanol–water partition coefficient (Wildman–Crippen LogP) is 2.56. The summed E-state index contributed by atoms with van der Waals surface area (Å²) in [5.74, 6) is 0. The number of aromatic nitrogens is 1. The fraction of sp³-hybridized carbons (Fsp3) is 0. The Morgan fingerprint density at radius 2 is 1.87 bits per heavy atom. The third-order valence-corrected chi connectivity index (χ3v) is 2.11. The molecule has 0 amide bonds. The van der Waals surface area contributed by atoms with Gasteiger partial charge in [0.1, 0.15) is 0 Å². The molecule has 0 aliphatic heterocycles. The van der Waals surface area contributed by atoms with Gasteiger partial charge in [-0.15, -0.1) is 0 Å². The van der Waals surface area contributed by atoms with Crippen LogP contribution in [0.15, 0.2) is 53.9 Å². The molecule has 0 atom stereocenters. The molecule has 0 bridgehead atoms. The van der Waals surface area contributed by atoms with Gasteiger partial charge in [0.25, 0.3) is 0 Å². The topological polar surface area (TPSA) is 45.5 Å². The Kier molecular flexibility index (Phi) is 2.74. The summed E-state index contributed by atoms with van der Waals surface area (Å²) in [5.41, 5.74) is 3.04. The summed E-state index contributed by atoms with van der Waals surface area (Å²) in [6.07, 6.45) is 4.96. The summed E-state index contributed by atoms with van der Waals surface area (Å²) in [6, 6.07) is 11.6. The lowest BCUT2D eigenvalue weighted by Gasteiger charge is -2.00. The van der Waals surface area contributed by atoms with Crippen molar-refractivity contribution in [1.82, 2.24) is 4.98 Å². The Morgan fingerprint density at radius 1 is 1.07 bits per heavy atom. The maximum absolute atomic E-state index is 8.37. The number of pyridine rings is 1. The van der Waals surface area contributed by atoms with Crippen molar-refractivity contribution in [2.24, 2.45) is 5.16 Å². The van der Waals surface area contributed by atoms with Crippen molar-refractivity contribution >= 4 is 6.21 Å². The van der Waals surface area contributed by atoms with E-state index in [0.29, 0.717) is 0 Å². The van der Waals surface area contributed by atoms with Gasteiger partial charge >= 0.3 is 0 Å². The molecule has 0 spiro atoms. The minimum Gasteiger partial charge on any atom is -0.411 e. The first-order chi connectivity index (χ1) is 7.40. The highest BCUT2D eigenvalue weighted by Crippen LogP contribution is 2.17. The average molecular weight is 198 g/mol. The molecule has 0 saturated heterocycles. The van der Waals surface area contributed by atoms with Crippen molar-refractivity contribution in [3.63, 3.8) is 0 Å². The lowest BCUT2D eigenvalue weighted by molar-refractivity contribution is 0.322. The molecule has 0 fully saturated rings. The molecule has 2 rings (SSSR count). The van der Waals surface area contributed by atoms with Crippen LogP contribution < -0.4 is 0 Å². The SMILES string of the molecule is ON=Cc1ccc(-c2cccnc2)cc1. The summed E-state index contributed by atoms with van der Waals surface area (Å²) >= 11 is 0. The second-order valence-electron chi connectivity index (χ2n) is 3.11. The molecule has 3 heteroatoms. The van der Waals surface area contributed by atoms with E-state index in [1.54, 1.807) is 6.20 Å². The summed E-state index contributed by atoms with van der Waals surface area (Å²) in [4.78, 5) is 4.05. The molecule has 1 aromatic carbocycles. The van der Waals surface area contributed by atoms with Gasteiger partial charge in [-0.1, -0.05) is 35.5 Å². The van der Waals surface area contributed by atoms with E-state index in [2.05, 4.69) is 10.1 Å². The summed E-state index contributed by atoms with van der Waals surface area (Å²) in [6.45, 7) is 0. The molecule has 3 nitrogen and oxygen atoms in total. The molecule has 15 heavy (non-hydrogen) atoms. The Balaban J connectivity index is 2.32. The first kappa shape index (κ1) is 9.40. The van der Waals surface area contributed by atoms with E-state index in [9.17, 15) is 0 Å².